The molecule has 0 saturated carbocycles. The number of hydrogen-bond acceptors (Lipinski definition) is 4. The van der Waals surface area contributed by atoms with Crippen molar-refractivity contribution in [2.24, 2.45) is 0 Å². The van der Waals surface area contributed by atoms with Crippen molar-refractivity contribution >= 4 is 33.1 Å². The van der Waals surface area contributed by atoms with Gasteiger partial charge in [0.1, 0.15) is 16.5 Å². The number of nitrogens with one attached hydrogen (secondary N) is 1. The molecule has 0 bridgehead atoms. The summed E-state index contributed by atoms with van der Waals surface area (Å²) in [6, 6.07) is 6.32. The van der Waals surface area contributed by atoms with Crippen molar-refractivity contribution in [3.63, 3.8) is 0 Å². The minimum Gasteiger partial charge on any atom is -0.339 e. The highest BCUT2D eigenvalue weighted by Gasteiger charge is 2.15. The van der Waals surface area contributed by atoms with Gasteiger partial charge in [0, 0.05) is 17.0 Å². The molecule has 1 aromatic carbocycles. The van der Waals surface area contributed by atoms with E-state index in [0.29, 0.717) is 0 Å². The summed E-state index contributed by atoms with van der Waals surface area (Å²) in [5.74, 6) is 1.82. The summed E-state index contributed by atoms with van der Waals surface area (Å²) >= 11 is 1.75. The Morgan fingerprint density at radius 3 is 2.55 bits per heavy atom. The third kappa shape index (κ3) is 2.48. The van der Waals surface area contributed by atoms with Gasteiger partial charge in [-0.05, 0) is 50.5 Å². The molecule has 2 heterocycles. The quantitative estimate of drug-likeness (QED) is 0.719. The molecule has 0 fully saturated rings. The average Bonchev–Trinajstić information content (AvgIpc) is 2.79. The predicted octanol–water partition coefficient (Wildman–Crippen LogP) is 5.23. The molecule has 0 radical (unpaired) electrons. The molecular weight excluding hydrogens is 290 g/mol. The lowest BCUT2D eigenvalue weighted by atomic mass is 10.1. The summed E-state index contributed by atoms with van der Waals surface area (Å²) in [5, 5.41) is 4.69. The Morgan fingerprint density at radius 2 is 1.82 bits per heavy atom. The Kier molecular flexibility index (Phi) is 3.87. The first-order chi connectivity index (χ1) is 10.5. The van der Waals surface area contributed by atoms with Gasteiger partial charge in [0.05, 0.1) is 5.39 Å². The number of aromatic nitrogens is 2. The molecule has 2 aromatic heterocycles. The zero-order valence-corrected chi connectivity index (χ0v) is 14.6. The van der Waals surface area contributed by atoms with Crippen molar-refractivity contribution in [1.29, 1.82) is 0 Å². The van der Waals surface area contributed by atoms with E-state index >= 15 is 0 Å². The van der Waals surface area contributed by atoms with Crippen LogP contribution >= 0.6 is 11.3 Å². The van der Waals surface area contributed by atoms with Crippen LogP contribution < -0.4 is 5.32 Å². The van der Waals surface area contributed by atoms with E-state index in [2.05, 4.69) is 63.1 Å². The Labute approximate surface area is 135 Å². The van der Waals surface area contributed by atoms with Crippen LogP contribution in [-0.4, -0.2) is 9.97 Å². The predicted molar refractivity (Wildman–Crippen MR) is 95.5 cm³/mol. The second-order valence-electron chi connectivity index (χ2n) is 5.68. The minimum absolute atomic E-state index is 0.841. The van der Waals surface area contributed by atoms with Gasteiger partial charge < -0.3 is 5.32 Å². The molecule has 0 aliphatic carbocycles. The molecular formula is C18H21N3S. The summed E-state index contributed by atoms with van der Waals surface area (Å²) in [6.45, 7) is 10.7. The summed E-state index contributed by atoms with van der Waals surface area (Å²) in [6.07, 6.45) is 0.841. The molecule has 1 N–H and O–H groups in total. The van der Waals surface area contributed by atoms with E-state index in [0.717, 1.165) is 34.0 Å². The van der Waals surface area contributed by atoms with E-state index < -0.39 is 0 Å². The fourth-order valence-electron chi connectivity index (χ4n) is 2.56. The number of rotatable bonds is 3. The summed E-state index contributed by atoms with van der Waals surface area (Å²) in [5.41, 5.74) is 4.93. The van der Waals surface area contributed by atoms with Crippen molar-refractivity contribution in [1.82, 2.24) is 9.97 Å². The van der Waals surface area contributed by atoms with E-state index in [-0.39, 0.29) is 0 Å². The molecule has 0 aliphatic heterocycles. The smallest absolute Gasteiger partial charge is 0.143 e. The Bertz CT molecular complexity index is 849. The second-order valence-corrected chi connectivity index (χ2v) is 6.88. The van der Waals surface area contributed by atoms with Gasteiger partial charge in [-0.1, -0.05) is 19.1 Å². The van der Waals surface area contributed by atoms with Gasteiger partial charge in [0.2, 0.25) is 0 Å². The van der Waals surface area contributed by atoms with Gasteiger partial charge in [-0.3, -0.25) is 0 Å². The highest BCUT2D eigenvalue weighted by molar-refractivity contribution is 7.18. The van der Waals surface area contributed by atoms with Gasteiger partial charge in [0.15, 0.2) is 0 Å². The molecule has 3 aromatic rings. The summed E-state index contributed by atoms with van der Waals surface area (Å²) in [7, 11) is 0. The van der Waals surface area contributed by atoms with E-state index in [9.17, 15) is 0 Å². The fraction of sp³-hybridized carbons (Fsp3) is 0.333. The Morgan fingerprint density at radius 1 is 1.05 bits per heavy atom. The van der Waals surface area contributed by atoms with Crippen LogP contribution in [0.2, 0.25) is 0 Å². The number of anilines is 2. The maximum atomic E-state index is 4.74. The van der Waals surface area contributed by atoms with Gasteiger partial charge >= 0.3 is 0 Å². The van der Waals surface area contributed by atoms with Crippen LogP contribution in [0.4, 0.5) is 11.5 Å². The highest BCUT2D eigenvalue weighted by Crippen LogP contribution is 2.35. The molecule has 0 atom stereocenters. The number of benzene rings is 1. The first-order valence-electron chi connectivity index (χ1n) is 7.61. The molecule has 0 saturated heterocycles. The number of thiophene rings is 1. The van der Waals surface area contributed by atoms with Crippen LogP contribution in [0, 0.1) is 27.7 Å². The third-order valence-corrected chi connectivity index (χ3v) is 5.35. The van der Waals surface area contributed by atoms with Gasteiger partial charge in [0.25, 0.3) is 0 Å². The standard InChI is InChI=1S/C18H21N3S/c1-6-15-20-17(16-12(4)13(5)22-18(16)21-15)19-14-9-7-8-10(2)11(14)3/h7-9H,6H2,1-5H3,(H,19,20,21). The van der Waals surface area contributed by atoms with E-state index in [4.69, 9.17) is 4.98 Å². The van der Waals surface area contributed by atoms with Crippen molar-refractivity contribution in [2.75, 3.05) is 5.32 Å². The lowest BCUT2D eigenvalue weighted by Gasteiger charge is -2.13. The van der Waals surface area contributed by atoms with Crippen LogP contribution in [0.5, 0.6) is 0 Å². The van der Waals surface area contributed by atoms with Crippen LogP contribution in [-0.2, 0) is 6.42 Å². The van der Waals surface area contributed by atoms with Gasteiger partial charge in [-0.25, -0.2) is 9.97 Å². The molecule has 3 nitrogen and oxygen atoms in total. The van der Waals surface area contributed by atoms with Crippen LogP contribution in [0.1, 0.15) is 34.3 Å². The lowest BCUT2D eigenvalue weighted by Crippen LogP contribution is -2.02. The van der Waals surface area contributed by atoms with Gasteiger partial charge in [-0.2, -0.15) is 0 Å². The topological polar surface area (TPSA) is 37.8 Å². The average molecular weight is 311 g/mol. The molecule has 4 heteroatoms. The SMILES string of the molecule is CCc1nc(Nc2cccc(C)c2C)c2c(C)c(C)sc2n1. The molecule has 0 aliphatic rings. The normalized spacial score (nSPS) is 11.1. The zero-order valence-electron chi connectivity index (χ0n) is 13.7. The first-order valence-corrected chi connectivity index (χ1v) is 8.42. The molecule has 0 unspecified atom stereocenters. The van der Waals surface area contributed by atoms with E-state index in [1.54, 1.807) is 11.3 Å². The monoisotopic (exact) mass is 311 g/mol. The summed E-state index contributed by atoms with van der Waals surface area (Å²) < 4.78 is 0. The first kappa shape index (κ1) is 15.0. The lowest BCUT2D eigenvalue weighted by molar-refractivity contribution is 0.966. The molecule has 0 spiro atoms. The van der Waals surface area contributed by atoms with Crippen LogP contribution in [0.3, 0.4) is 0 Å². The minimum atomic E-state index is 0.841. The van der Waals surface area contributed by atoms with Crippen LogP contribution in [0.25, 0.3) is 10.2 Å². The second kappa shape index (κ2) is 5.69. The zero-order chi connectivity index (χ0) is 15.9. The maximum Gasteiger partial charge on any atom is 0.143 e. The van der Waals surface area contributed by atoms with Crippen LogP contribution in [0.15, 0.2) is 18.2 Å². The highest BCUT2D eigenvalue weighted by atomic mass is 32.1. The molecule has 0 amide bonds. The summed E-state index contributed by atoms with van der Waals surface area (Å²) in [4.78, 5) is 11.8. The molecule has 114 valence electrons. The largest absolute Gasteiger partial charge is 0.339 e. The van der Waals surface area contributed by atoms with Crippen molar-refractivity contribution in [3.8, 4) is 0 Å². The number of aryl methyl sites for hydroxylation is 4. The van der Waals surface area contributed by atoms with E-state index in [1.165, 1.54) is 21.6 Å². The maximum absolute atomic E-state index is 4.74. The number of nitrogens with zero attached hydrogens (tertiary/aromatic N) is 2. The molecule has 3 rings (SSSR count). The van der Waals surface area contributed by atoms with Crippen molar-refractivity contribution in [2.45, 2.75) is 41.0 Å². The Balaban J connectivity index is 2.18. The number of hydrogen-bond donors (Lipinski definition) is 1. The van der Waals surface area contributed by atoms with Gasteiger partial charge in [-0.15, -0.1) is 11.3 Å². The van der Waals surface area contributed by atoms with Crippen molar-refractivity contribution in [3.05, 3.63) is 45.6 Å². The van der Waals surface area contributed by atoms with E-state index in [1.807, 2.05) is 0 Å². The Hall–Kier alpha value is -1.94. The van der Waals surface area contributed by atoms with Crippen molar-refractivity contribution < 1.29 is 0 Å². The third-order valence-electron chi connectivity index (χ3n) is 4.25. The fourth-order valence-corrected chi connectivity index (χ4v) is 3.60. The number of fused-ring (bicyclic) bond motifs is 1. The molecule has 22 heavy (non-hydrogen) atoms.